The molecule has 114 valence electrons. The molecule has 0 radical (unpaired) electrons. The quantitative estimate of drug-likeness (QED) is 0.390. The van der Waals surface area contributed by atoms with Gasteiger partial charge in [-0.05, 0) is 22.8 Å². The van der Waals surface area contributed by atoms with Crippen molar-refractivity contribution in [1.82, 2.24) is 0 Å². The van der Waals surface area contributed by atoms with E-state index in [1.54, 1.807) is 6.07 Å². The van der Waals surface area contributed by atoms with Gasteiger partial charge >= 0.3 is 5.69 Å². The molecule has 0 N–H and O–H groups in total. The van der Waals surface area contributed by atoms with Crippen LogP contribution in [0.1, 0.15) is 22.6 Å². The predicted octanol–water partition coefficient (Wildman–Crippen LogP) is 4.91. The van der Waals surface area contributed by atoms with Crippen molar-refractivity contribution in [2.75, 3.05) is 0 Å². The van der Waals surface area contributed by atoms with E-state index in [0.29, 0.717) is 5.56 Å². The van der Waals surface area contributed by atoms with Crippen LogP contribution in [0.25, 0.3) is 0 Å². The molecule has 3 aromatic rings. The van der Waals surface area contributed by atoms with Gasteiger partial charge in [-0.3, -0.25) is 10.1 Å². The summed E-state index contributed by atoms with van der Waals surface area (Å²) in [5.41, 5.74) is 2.19. The molecule has 0 amide bonds. The molecule has 0 unspecified atom stereocenters. The summed E-state index contributed by atoms with van der Waals surface area (Å²) in [6, 6.07) is 23.5. The lowest BCUT2D eigenvalue weighted by Crippen LogP contribution is -2.04. The smallest absolute Gasteiger partial charge is 0.258 e. The number of rotatable bonds is 4. The summed E-state index contributed by atoms with van der Waals surface area (Å²) in [5, 5.41) is 10.8. The molecule has 0 aliphatic rings. The molecule has 0 saturated heterocycles. The Morgan fingerprint density at radius 3 is 1.74 bits per heavy atom. The minimum atomic E-state index is -0.815. The van der Waals surface area contributed by atoms with Crippen molar-refractivity contribution in [2.45, 2.75) is 5.92 Å². The number of hydrogen-bond donors (Lipinski definition) is 0. The Labute approximate surface area is 133 Å². The molecule has 3 aromatic carbocycles. The Kier molecular flexibility index (Phi) is 4.15. The largest absolute Gasteiger partial charge is 0.304 e. The fourth-order valence-corrected chi connectivity index (χ4v) is 2.72. The summed E-state index contributed by atoms with van der Waals surface area (Å²) in [5.74, 6) is -0.989. The Morgan fingerprint density at radius 2 is 1.30 bits per heavy atom. The number of hydrogen-bond acceptors (Lipinski definition) is 2. The maximum absolute atomic E-state index is 14.1. The van der Waals surface area contributed by atoms with Gasteiger partial charge < -0.3 is 0 Å². The lowest BCUT2D eigenvalue weighted by Gasteiger charge is -2.18. The van der Waals surface area contributed by atoms with Crippen molar-refractivity contribution < 1.29 is 9.31 Å². The second-order valence-corrected chi connectivity index (χ2v) is 5.22. The van der Waals surface area contributed by atoms with Crippen molar-refractivity contribution in [2.24, 2.45) is 0 Å². The number of nitro benzene ring substituents is 1. The third kappa shape index (κ3) is 3.11. The minimum Gasteiger partial charge on any atom is -0.258 e. The number of nitrogens with zero attached hydrogens (tertiary/aromatic N) is 1. The summed E-state index contributed by atoms with van der Waals surface area (Å²) >= 11 is 0. The zero-order valence-corrected chi connectivity index (χ0v) is 12.2. The van der Waals surface area contributed by atoms with Crippen LogP contribution in [0.15, 0.2) is 78.9 Å². The first-order chi connectivity index (χ1) is 11.2. The summed E-state index contributed by atoms with van der Waals surface area (Å²) in [4.78, 5) is 10.1. The average Bonchev–Trinajstić information content (AvgIpc) is 2.57. The van der Waals surface area contributed by atoms with Crippen LogP contribution < -0.4 is 0 Å². The van der Waals surface area contributed by atoms with Crippen molar-refractivity contribution in [3.05, 3.63) is 111 Å². The Morgan fingerprint density at radius 1 is 0.783 bits per heavy atom. The first-order valence-corrected chi connectivity index (χ1v) is 7.20. The topological polar surface area (TPSA) is 43.1 Å². The van der Waals surface area contributed by atoms with Crippen molar-refractivity contribution in [3.8, 4) is 0 Å². The molecule has 0 spiro atoms. The van der Waals surface area contributed by atoms with Gasteiger partial charge in [0, 0.05) is 12.0 Å². The van der Waals surface area contributed by atoms with E-state index in [0.717, 1.165) is 11.1 Å². The summed E-state index contributed by atoms with van der Waals surface area (Å²) < 4.78 is 14.1. The SMILES string of the molecule is O=[N+]([O-])c1ccc(C(c2ccccc2)c2ccccc2)cc1F. The Balaban J connectivity index is 2.13. The van der Waals surface area contributed by atoms with E-state index in [4.69, 9.17) is 0 Å². The van der Waals surface area contributed by atoms with Crippen LogP contribution >= 0.6 is 0 Å². The molecule has 23 heavy (non-hydrogen) atoms. The first kappa shape index (κ1) is 14.9. The molecule has 3 nitrogen and oxygen atoms in total. The standard InChI is InChI=1S/C19H14FNO2/c20-17-13-16(11-12-18(17)21(22)23)19(14-7-3-1-4-8-14)15-9-5-2-6-10-15/h1-13,19H. The van der Waals surface area contributed by atoms with Gasteiger partial charge in [0.1, 0.15) is 0 Å². The van der Waals surface area contributed by atoms with E-state index in [-0.39, 0.29) is 5.92 Å². The van der Waals surface area contributed by atoms with Crippen LogP contribution in [-0.2, 0) is 0 Å². The van der Waals surface area contributed by atoms with Gasteiger partial charge in [0.2, 0.25) is 5.82 Å². The molecule has 0 aromatic heterocycles. The maximum Gasteiger partial charge on any atom is 0.304 e. The average molecular weight is 307 g/mol. The molecular formula is C19H14FNO2. The molecule has 0 bridgehead atoms. The van der Waals surface area contributed by atoms with Gasteiger partial charge in [-0.1, -0.05) is 66.7 Å². The first-order valence-electron chi connectivity index (χ1n) is 7.20. The molecule has 0 saturated carbocycles. The summed E-state index contributed by atoms with van der Waals surface area (Å²) in [6.07, 6.45) is 0. The normalized spacial score (nSPS) is 10.7. The van der Waals surface area contributed by atoms with Crippen molar-refractivity contribution in [1.29, 1.82) is 0 Å². The van der Waals surface area contributed by atoms with Crippen LogP contribution in [-0.4, -0.2) is 4.92 Å². The van der Waals surface area contributed by atoms with E-state index in [2.05, 4.69) is 0 Å². The maximum atomic E-state index is 14.1. The highest BCUT2D eigenvalue weighted by Crippen LogP contribution is 2.33. The van der Waals surface area contributed by atoms with Gasteiger partial charge in [-0.25, -0.2) is 0 Å². The lowest BCUT2D eigenvalue weighted by molar-refractivity contribution is -0.387. The van der Waals surface area contributed by atoms with Crippen LogP contribution in [0.3, 0.4) is 0 Å². The van der Waals surface area contributed by atoms with Crippen LogP contribution in [0.5, 0.6) is 0 Å². The van der Waals surface area contributed by atoms with Crippen LogP contribution in [0.2, 0.25) is 0 Å². The third-order valence-electron chi connectivity index (χ3n) is 3.77. The van der Waals surface area contributed by atoms with Gasteiger partial charge in [0.25, 0.3) is 0 Å². The number of halogens is 1. The zero-order valence-electron chi connectivity index (χ0n) is 12.2. The lowest BCUT2D eigenvalue weighted by atomic mass is 9.85. The zero-order chi connectivity index (χ0) is 16.2. The molecule has 0 heterocycles. The van der Waals surface area contributed by atoms with Crippen molar-refractivity contribution >= 4 is 5.69 Å². The molecular weight excluding hydrogens is 293 g/mol. The molecule has 0 aliphatic carbocycles. The van der Waals surface area contributed by atoms with E-state index < -0.39 is 16.4 Å². The van der Waals surface area contributed by atoms with Crippen LogP contribution in [0.4, 0.5) is 10.1 Å². The fraction of sp³-hybridized carbons (Fsp3) is 0.0526. The highest BCUT2D eigenvalue weighted by Gasteiger charge is 2.20. The molecule has 0 atom stereocenters. The second-order valence-electron chi connectivity index (χ2n) is 5.22. The van der Waals surface area contributed by atoms with E-state index in [1.807, 2.05) is 60.7 Å². The fourth-order valence-electron chi connectivity index (χ4n) is 2.72. The molecule has 0 aliphatic heterocycles. The highest BCUT2D eigenvalue weighted by molar-refractivity contribution is 5.46. The van der Waals surface area contributed by atoms with E-state index in [9.17, 15) is 14.5 Å². The highest BCUT2D eigenvalue weighted by atomic mass is 19.1. The van der Waals surface area contributed by atoms with E-state index in [1.165, 1.54) is 12.1 Å². The summed E-state index contributed by atoms with van der Waals surface area (Å²) in [7, 11) is 0. The van der Waals surface area contributed by atoms with Crippen LogP contribution in [0, 0.1) is 15.9 Å². The van der Waals surface area contributed by atoms with E-state index >= 15 is 0 Å². The van der Waals surface area contributed by atoms with Gasteiger partial charge in [0.15, 0.2) is 0 Å². The minimum absolute atomic E-state index is 0.173. The van der Waals surface area contributed by atoms with Gasteiger partial charge in [-0.2, -0.15) is 4.39 Å². The third-order valence-corrected chi connectivity index (χ3v) is 3.77. The van der Waals surface area contributed by atoms with Crippen molar-refractivity contribution in [3.63, 3.8) is 0 Å². The molecule has 4 heteroatoms. The van der Waals surface area contributed by atoms with Gasteiger partial charge in [-0.15, -0.1) is 0 Å². The number of benzene rings is 3. The summed E-state index contributed by atoms with van der Waals surface area (Å²) in [6.45, 7) is 0. The Hall–Kier alpha value is -3.01. The van der Waals surface area contributed by atoms with Gasteiger partial charge in [0.05, 0.1) is 4.92 Å². The predicted molar refractivity (Wildman–Crippen MR) is 86.9 cm³/mol. The monoisotopic (exact) mass is 307 g/mol. The molecule has 0 fully saturated rings. The second kappa shape index (κ2) is 6.40. The number of nitro groups is 1. The molecule has 3 rings (SSSR count). The Bertz CT molecular complexity index is 780.